The van der Waals surface area contributed by atoms with Crippen molar-refractivity contribution in [3.8, 4) is 0 Å². The van der Waals surface area contributed by atoms with Crippen LogP contribution in [-0.4, -0.2) is 19.5 Å². The van der Waals surface area contributed by atoms with Gasteiger partial charge in [-0.3, -0.25) is 9.59 Å². The van der Waals surface area contributed by atoms with Gasteiger partial charge in [-0.05, 0) is 27.7 Å². The zero-order valence-electron chi connectivity index (χ0n) is 10.2. The highest BCUT2D eigenvalue weighted by Gasteiger charge is 2.19. The third kappa shape index (κ3) is 1.86. The first kappa shape index (κ1) is 11.5. The summed E-state index contributed by atoms with van der Waals surface area (Å²) in [6.07, 6.45) is 1.50. The van der Waals surface area contributed by atoms with Gasteiger partial charge in [0.05, 0.1) is 6.33 Å². The van der Waals surface area contributed by atoms with Gasteiger partial charge in [-0.2, -0.15) is 4.98 Å². The van der Waals surface area contributed by atoms with Gasteiger partial charge in [-0.15, -0.1) is 0 Å². The molecule has 2 rings (SSSR count). The van der Waals surface area contributed by atoms with E-state index in [9.17, 15) is 9.59 Å². The molecule has 0 fully saturated rings. The van der Waals surface area contributed by atoms with E-state index in [0.29, 0.717) is 5.82 Å². The summed E-state index contributed by atoms with van der Waals surface area (Å²) in [5.74, 6) is 0.290. The molecule has 6 heteroatoms. The SMILES string of the molecule is Cc1nc(=O)c2ncn(C(C)(C)C)c2c(=O)[nH]1. The van der Waals surface area contributed by atoms with Crippen molar-refractivity contribution in [2.24, 2.45) is 0 Å². The van der Waals surface area contributed by atoms with Crippen molar-refractivity contribution in [2.45, 2.75) is 33.2 Å². The van der Waals surface area contributed by atoms with E-state index in [4.69, 9.17) is 0 Å². The van der Waals surface area contributed by atoms with Gasteiger partial charge in [0.25, 0.3) is 11.1 Å². The van der Waals surface area contributed by atoms with E-state index in [1.54, 1.807) is 11.5 Å². The van der Waals surface area contributed by atoms with Gasteiger partial charge >= 0.3 is 0 Å². The van der Waals surface area contributed by atoms with Gasteiger partial charge in [-0.1, -0.05) is 0 Å². The van der Waals surface area contributed by atoms with Crippen LogP contribution >= 0.6 is 0 Å². The van der Waals surface area contributed by atoms with Crippen LogP contribution in [0.25, 0.3) is 11.0 Å². The Hall–Kier alpha value is -1.98. The summed E-state index contributed by atoms with van der Waals surface area (Å²) in [6.45, 7) is 7.38. The Morgan fingerprint density at radius 2 is 1.94 bits per heavy atom. The van der Waals surface area contributed by atoms with Gasteiger partial charge in [0.2, 0.25) is 0 Å². The summed E-state index contributed by atoms with van der Waals surface area (Å²) in [7, 11) is 0. The lowest BCUT2D eigenvalue weighted by atomic mass is 10.1. The molecule has 0 saturated carbocycles. The number of rotatable bonds is 0. The van der Waals surface area contributed by atoms with Crippen LogP contribution in [0.2, 0.25) is 0 Å². The van der Waals surface area contributed by atoms with Crippen LogP contribution in [-0.2, 0) is 5.54 Å². The number of fused-ring (bicyclic) bond motifs is 1. The Labute approximate surface area is 97.3 Å². The molecule has 2 heterocycles. The van der Waals surface area contributed by atoms with E-state index < -0.39 is 5.56 Å². The predicted octanol–water partition coefficient (Wildman–Crippen LogP) is 0.543. The first-order chi connectivity index (χ1) is 7.80. The van der Waals surface area contributed by atoms with Gasteiger partial charge in [0.1, 0.15) is 11.3 Å². The van der Waals surface area contributed by atoms with Crippen molar-refractivity contribution in [1.29, 1.82) is 0 Å². The van der Waals surface area contributed by atoms with E-state index in [1.165, 1.54) is 6.33 Å². The Kier molecular flexibility index (Phi) is 2.38. The molecule has 90 valence electrons. The number of aromatic nitrogens is 4. The maximum atomic E-state index is 12.0. The lowest BCUT2D eigenvalue weighted by molar-refractivity contribution is 0.407. The molecule has 0 radical (unpaired) electrons. The van der Waals surface area contributed by atoms with Crippen LogP contribution in [0.1, 0.15) is 26.6 Å². The standard InChI is InChI=1S/C11H14N4O2/c1-6-13-9(16)7-8(10(17)14-6)15(5-12-7)11(2,3)4/h5H,1-4H3,(H,13,14,16,17). The average Bonchev–Trinajstić information content (AvgIpc) is 2.55. The quantitative estimate of drug-likeness (QED) is 0.721. The first-order valence-electron chi connectivity index (χ1n) is 5.29. The van der Waals surface area contributed by atoms with Gasteiger partial charge in [-0.25, -0.2) is 4.98 Å². The minimum Gasteiger partial charge on any atom is -0.321 e. The molecule has 0 aliphatic rings. The monoisotopic (exact) mass is 234 g/mol. The van der Waals surface area contributed by atoms with Gasteiger partial charge in [0, 0.05) is 5.54 Å². The molecule has 1 N–H and O–H groups in total. The summed E-state index contributed by atoms with van der Waals surface area (Å²) in [4.78, 5) is 34.0. The van der Waals surface area contributed by atoms with Crippen molar-refractivity contribution in [3.63, 3.8) is 0 Å². The number of hydrogen-bond donors (Lipinski definition) is 1. The predicted molar refractivity (Wildman–Crippen MR) is 64.2 cm³/mol. The Balaban J connectivity index is 3.06. The van der Waals surface area contributed by atoms with E-state index in [-0.39, 0.29) is 22.1 Å². The topological polar surface area (TPSA) is 80.6 Å². The van der Waals surface area contributed by atoms with Crippen molar-refractivity contribution >= 4 is 11.0 Å². The molecule has 0 aromatic carbocycles. The highest BCUT2D eigenvalue weighted by atomic mass is 16.1. The lowest BCUT2D eigenvalue weighted by Crippen LogP contribution is -2.24. The van der Waals surface area contributed by atoms with E-state index in [0.717, 1.165) is 0 Å². The summed E-state index contributed by atoms with van der Waals surface area (Å²) < 4.78 is 1.68. The molecule has 0 saturated heterocycles. The number of nitrogens with one attached hydrogen (secondary N) is 1. The minimum atomic E-state index is -0.487. The van der Waals surface area contributed by atoms with E-state index in [1.807, 2.05) is 20.8 Å². The summed E-state index contributed by atoms with van der Waals surface area (Å²) in [5, 5.41) is 0. The average molecular weight is 234 g/mol. The van der Waals surface area contributed by atoms with Crippen molar-refractivity contribution in [1.82, 2.24) is 19.5 Å². The second-order valence-corrected chi connectivity index (χ2v) is 4.94. The summed E-state index contributed by atoms with van der Waals surface area (Å²) >= 11 is 0. The highest BCUT2D eigenvalue weighted by Crippen LogP contribution is 2.16. The molecule has 0 unspecified atom stereocenters. The zero-order chi connectivity index (χ0) is 12.8. The van der Waals surface area contributed by atoms with Crippen molar-refractivity contribution < 1.29 is 0 Å². The van der Waals surface area contributed by atoms with Crippen LogP contribution in [0.3, 0.4) is 0 Å². The number of aryl methyl sites for hydroxylation is 1. The Bertz CT molecular complexity index is 691. The van der Waals surface area contributed by atoms with E-state index >= 15 is 0 Å². The second-order valence-electron chi connectivity index (χ2n) is 4.94. The lowest BCUT2D eigenvalue weighted by Gasteiger charge is -2.20. The van der Waals surface area contributed by atoms with Gasteiger partial charge in [0.15, 0.2) is 5.52 Å². The third-order valence-corrected chi connectivity index (χ3v) is 2.47. The molecule has 2 aromatic heterocycles. The molecule has 0 spiro atoms. The minimum absolute atomic E-state index is 0.106. The number of nitrogens with zero attached hydrogens (tertiary/aromatic N) is 3. The largest absolute Gasteiger partial charge is 0.321 e. The smallest absolute Gasteiger partial charge is 0.299 e. The van der Waals surface area contributed by atoms with Crippen LogP contribution in [0.4, 0.5) is 0 Å². The molecule has 2 aromatic rings. The third-order valence-electron chi connectivity index (χ3n) is 2.47. The molecular formula is C11H14N4O2. The Morgan fingerprint density at radius 3 is 2.53 bits per heavy atom. The van der Waals surface area contributed by atoms with Crippen molar-refractivity contribution in [3.05, 3.63) is 32.9 Å². The summed E-state index contributed by atoms with van der Waals surface area (Å²) in [6, 6.07) is 0. The van der Waals surface area contributed by atoms with E-state index in [2.05, 4.69) is 15.0 Å². The maximum absolute atomic E-state index is 12.0. The molecule has 0 aliphatic carbocycles. The van der Waals surface area contributed by atoms with Crippen LogP contribution in [0.5, 0.6) is 0 Å². The molecule has 0 aliphatic heterocycles. The molecule has 0 bridgehead atoms. The normalized spacial score (nSPS) is 12.0. The van der Waals surface area contributed by atoms with Crippen LogP contribution < -0.4 is 11.1 Å². The molecule has 0 atom stereocenters. The molecule has 17 heavy (non-hydrogen) atoms. The first-order valence-corrected chi connectivity index (χ1v) is 5.29. The molecule has 0 amide bonds. The van der Waals surface area contributed by atoms with Crippen LogP contribution in [0.15, 0.2) is 15.9 Å². The fourth-order valence-corrected chi connectivity index (χ4v) is 1.69. The number of imidazole rings is 1. The van der Waals surface area contributed by atoms with Crippen LogP contribution in [0, 0.1) is 6.92 Å². The second kappa shape index (κ2) is 3.51. The number of H-pyrrole nitrogens is 1. The molecular weight excluding hydrogens is 220 g/mol. The summed E-state index contributed by atoms with van der Waals surface area (Å²) in [5.41, 5.74) is -0.785. The number of hydrogen-bond acceptors (Lipinski definition) is 4. The highest BCUT2D eigenvalue weighted by molar-refractivity contribution is 5.72. The number of aromatic amines is 1. The molecule has 6 nitrogen and oxygen atoms in total. The fourth-order valence-electron chi connectivity index (χ4n) is 1.69. The maximum Gasteiger partial charge on any atom is 0.299 e. The van der Waals surface area contributed by atoms with Gasteiger partial charge < -0.3 is 9.55 Å². The fraction of sp³-hybridized carbons (Fsp3) is 0.455. The zero-order valence-corrected chi connectivity index (χ0v) is 10.2. The Morgan fingerprint density at radius 1 is 1.29 bits per heavy atom. The van der Waals surface area contributed by atoms with Crippen molar-refractivity contribution in [2.75, 3.05) is 0 Å².